The normalized spacial score (nSPS) is 16.4. The molecule has 2 atom stereocenters. The van der Waals surface area contributed by atoms with Gasteiger partial charge in [-0.05, 0) is 31.5 Å². The van der Waals surface area contributed by atoms with Crippen molar-refractivity contribution in [2.24, 2.45) is 5.73 Å². The minimum atomic E-state index is -0.147. The van der Waals surface area contributed by atoms with Crippen molar-refractivity contribution in [1.82, 2.24) is 5.32 Å². The fourth-order valence-corrected chi connectivity index (χ4v) is 2.75. The monoisotopic (exact) mass is 342 g/mol. The van der Waals surface area contributed by atoms with E-state index in [0.29, 0.717) is 25.4 Å². The van der Waals surface area contributed by atoms with E-state index in [1.165, 1.54) is 0 Å². The van der Waals surface area contributed by atoms with Crippen LogP contribution in [0, 0.1) is 0 Å². The predicted octanol–water partition coefficient (Wildman–Crippen LogP) is 2.13. The summed E-state index contributed by atoms with van der Waals surface area (Å²) < 4.78 is 12.0. The van der Waals surface area contributed by atoms with E-state index in [0.717, 1.165) is 15.8 Å². The summed E-state index contributed by atoms with van der Waals surface area (Å²) in [5, 5.41) is 2.93. The van der Waals surface area contributed by atoms with Gasteiger partial charge in [0, 0.05) is 16.9 Å². The summed E-state index contributed by atoms with van der Waals surface area (Å²) in [4.78, 5) is 11.8. The van der Waals surface area contributed by atoms with Crippen molar-refractivity contribution in [3.63, 3.8) is 0 Å². The van der Waals surface area contributed by atoms with Crippen molar-refractivity contribution in [2.45, 2.75) is 32.4 Å². The maximum absolute atomic E-state index is 11.8. The molecule has 1 aliphatic heterocycles. The zero-order valence-corrected chi connectivity index (χ0v) is 13.2. The van der Waals surface area contributed by atoms with Crippen LogP contribution in [0.25, 0.3) is 0 Å². The van der Waals surface area contributed by atoms with Gasteiger partial charge in [-0.15, -0.1) is 0 Å². The van der Waals surface area contributed by atoms with E-state index in [2.05, 4.69) is 21.2 Å². The van der Waals surface area contributed by atoms with Gasteiger partial charge in [0.2, 0.25) is 5.91 Å². The van der Waals surface area contributed by atoms with Crippen molar-refractivity contribution in [3.8, 4) is 11.5 Å². The second-order valence-electron chi connectivity index (χ2n) is 4.99. The largest absolute Gasteiger partial charge is 0.486 e. The maximum Gasteiger partial charge on any atom is 0.222 e. The molecule has 20 heavy (non-hydrogen) atoms. The third kappa shape index (κ3) is 3.64. The fraction of sp³-hybridized carbons (Fsp3) is 0.500. The molecule has 1 aromatic rings. The summed E-state index contributed by atoms with van der Waals surface area (Å²) in [6.45, 7) is 4.83. The van der Waals surface area contributed by atoms with Crippen LogP contribution in [0.1, 0.15) is 31.9 Å². The molecule has 0 bridgehead atoms. The van der Waals surface area contributed by atoms with E-state index in [1.54, 1.807) is 0 Å². The van der Waals surface area contributed by atoms with Crippen molar-refractivity contribution in [3.05, 3.63) is 22.2 Å². The molecule has 0 spiro atoms. The highest BCUT2D eigenvalue weighted by Gasteiger charge is 2.19. The molecule has 5 nitrogen and oxygen atoms in total. The van der Waals surface area contributed by atoms with E-state index in [4.69, 9.17) is 15.2 Å². The number of amides is 1. The Kier molecular flexibility index (Phi) is 4.88. The van der Waals surface area contributed by atoms with Gasteiger partial charge in [-0.2, -0.15) is 0 Å². The molecule has 1 aliphatic rings. The number of hydrogen-bond acceptors (Lipinski definition) is 4. The average molecular weight is 343 g/mol. The number of fused-ring (bicyclic) bond motifs is 1. The van der Waals surface area contributed by atoms with E-state index in [1.807, 2.05) is 26.0 Å². The number of carbonyl (C=O) groups excluding carboxylic acids is 1. The van der Waals surface area contributed by atoms with Gasteiger partial charge in [-0.3, -0.25) is 4.79 Å². The van der Waals surface area contributed by atoms with Crippen LogP contribution in [0.4, 0.5) is 0 Å². The van der Waals surface area contributed by atoms with Crippen molar-refractivity contribution in [2.75, 3.05) is 13.2 Å². The van der Waals surface area contributed by atoms with Gasteiger partial charge in [0.15, 0.2) is 11.5 Å². The number of nitrogens with two attached hydrogens (primary N) is 1. The Hall–Kier alpha value is -1.27. The first kappa shape index (κ1) is 15.1. The van der Waals surface area contributed by atoms with Crippen LogP contribution in [0.5, 0.6) is 11.5 Å². The van der Waals surface area contributed by atoms with Gasteiger partial charge in [0.25, 0.3) is 0 Å². The van der Waals surface area contributed by atoms with Crippen molar-refractivity contribution >= 4 is 21.8 Å². The Morgan fingerprint density at radius 2 is 1.95 bits per heavy atom. The van der Waals surface area contributed by atoms with Crippen LogP contribution in [0.15, 0.2) is 16.6 Å². The summed E-state index contributed by atoms with van der Waals surface area (Å²) in [5.74, 6) is 1.37. The number of benzene rings is 1. The molecule has 0 saturated carbocycles. The molecule has 0 aliphatic carbocycles. The second kappa shape index (κ2) is 6.45. The molecule has 1 heterocycles. The summed E-state index contributed by atoms with van der Waals surface area (Å²) in [6, 6.07) is 3.49. The Balaban J connectivity index is 2.13. The van der Waals surface area contributed by atoms with Crippen LogP contribution in [-0.2, 0) is 4.79 Å². The Morgan fingerprint density at radius 3 is 2.55 bits per heavy atom. The van der Waals surface area contributed by atoms with E-state index < -0.39 is 0 Å². The molecule has 110 valence electrons. The van der Waals surface area contributed by atoms with Crippen LogP contribution in [0.2, 0.25) is 0 Å². The first-order valence-corrected chi connectivity index (χ1v) is 7.40. The van der Waals surface area contributed by atoms with E-state index in [9.17, 15) is 4.79 Å². The molecule has 3 N–H and O–H groups in total. The van der Waals surface area contributed by atoms with Crippen LogP contribution < -0.4 is 20.5 Å². The Bertz CT molecular complexity index is 505. The second-order valence-corrected chi connectivity index (χ2v) is 5.84. The highest BCUT2D eigenvalue weighted by atomic mass is 79.9. The molecule has 0 fully saturated rings. The predicted molar refractivity (Wildman–Crippen MR) is 80.0 cm³/mol. The number of ether oxygens (including phenoxy) is 2. The average Bonchev–Trinajstić information content (AvgIpc) is 2.36. The Labute approximate surface area is 126 Å². The summed E-state index contributed by atoms with van der Waals surface area (Å²) in [7, 11) is 0. The van der Waals surface area contributed by atoms with Gasteiger partial charge in [0.1, 0.15) is 13.2 Å². The third-order valence-electron chi connectivity index (χ3n) is 3.01. The third-order valence-corrected chi connectivity index (χ3v) is 3.70. The number of halogens is 1. The topological polar surface area (TPSA) is 73.6 Å². The molecule has 0 radical (unpaired) electrons. The molecule has 2 unspecified atom stereocenters. The first-order chi connectivity index (χ1) is 9.47. The first-order valence-electron chi connectivity index (χ1n) is 6.61. The maximum atomic E-state index is 11.8. The van der Waals surface area contributed by atoms with Crippen molar-refractivity contribution in [1.29, 1.82) is 0 Å². The molecular formula is C14H19BrN2O3. The van der Waals surface area contributed by atoms with Crippen molar-refractivity contribution < 1.29 is 14.3 Å². The molecule has 6 heteroatoms. The molecule has 0 saturated heterocycles. The van der Waals surface area contributed by atoms with Crippen LogP contribution >= 0.6 is 15.9 Å². The van der Waals surface area contributed by atoms with E-state index in [-0.39, 0.29) is 18.0 Å². The molecule has 2 rings (SSSR count). The smallest absolute Gasteiger partial charge is 0.222 e. The lowest BCUT2D eigenvalue weighted by molar-refractivity contribution is -0.122. The lowest BCUT2D eigenvalue weighted by Crippen LogP contribution is -2.32. The van der Waals surface area contributed by atoms with Gasteiger partial charge in [0.05, 0.1) is 6.04 Å². The number of nitrogens with one attached hydrogen (secondary N) is 1. The summed E-state index contributed by atoms with van der Waals surface area (Å²) in [5.41, 5.74) is 6.57. The van der Waals surface area contributed by atoms with Gasteiger partial charge in [-0.25, -0.2) is 0 Å². The van der Waals surface area contributed by atoms with Gasteiger partial charge >= 0.3 is 0 Å². The van der Waals surface area contributed by atoms with Gasteiger partial charge in [-0.1, -0.05) is 15.9 Å². The highest BCUT2D eigenvalue weighted by molar-refractivity contribution is 9.10. The standard InChI is InChI=1S/C14H19BrN2O3/c1-8(16)5-14(18)17-9(2)10-6-12-13(7-11(10)15)20-4-3-19-12/h6-9H,3-5,16H2,1-2H3,(H,17,18). The zero-order chi connectivity index (χ0) is 14.7. The molecule has 0 aromatic heterocycles. The van der Waals surface area contributed by atoms with Crippen LogP contribution in [-0.4, -0.2) is 25.2 Å². The molecule has 1 aromatic carbocycles. The van der Waals surface area contributed by atoms with E-state index >= 15 is 0 Å². The number of carbonyl (C=O) groups is 1. The number of rotatable bonds is 4. The summed E-state index contributed by atoms with van der Waals surface area (Å²) in [6.07, 6.45) is 0.312. The minimum absolute atomic E-state index is 0.0608. The Morgan fingerprint density at radius 1 is 1.35 bits per heavy atom. The molecule has 1 amide bonds. The summed E-state index contributed by atoms with van der Waals surface area (Å²) >= 11 is 3.51. The fourth-order valence-electron chi connectivity index (χ4n) is 2.08. The van der Waals surface area contributed by atoms with Crippen LogP contribution in [0.3, 0.4) is 0 Å². The minimum Gasteiger partial charge on any atom is -0.486 e. The quantitative estimate of drug-likeness (QED) is 0.879. The number of hydrogen-bond donors (Lipinski definition) is 2. The SMILES string of the molecule is CC(N)CC(=O)NC(C)c1cc2c(cc1Br)OCCO2. The zero-order valence-electron chi connectivity index (χ0n) is 11.6. The molecular weight excluding hydrogens is 324 g/mol. The van der Waals surface area contributed by atoms with Gasteiger partial charge < -0.3 is 20.5 Å². The lowest BCUT2D eigenvalue weighted by Gasteiger charge is -2.22. The lowest BCUT2D eigenvalue weighted by atomic mass is 10.1. The highest BCUT2D eigenvalue weighted by Crippen LogP contribution is 2.37.